The van der Waals surface area contributed by atoms with Crippen molar-refractivity contribution in [3.8, 4) is 0 Å². The number of carbonyl (C=O) groups excluding carboxylic acids is 2. The van der Waals surface area contributed by atoms with E-state index in [4.69, 9.17) is 0 Å². The van der Waals surface area contributed by atoms with E-state index < -0.39 is 5.25 Å². The van der Waals surface area contributed by atoms with Crippen LogP contribution < -0.4 is 10.6 Å². The number of aromatic amines is 1. The Kier molecular flexibility index (Phi) is 8.79. The van der Waals surface area contributed by atoms with Crippen LogP contribution in [0.5, 0.6) is 0 Å². The summed E-state index contributed by atoms with van der Waals surface area (Å²) in [4.78, 5) is 53.5. The molecule has 6 rings (SSSR count). The number of nitrogens with zero attached hydrogens (tertiary/aromatic N) is 5. The Balaban J connectivity index is 0.00000240. The van der Waals surface area contributed by atoms with Crippen LogP contribution in [0.2, 0.25) is 0 Å². The molecular weight excluding hydrogens is 576 g/mol. The van der Waals surface area contributed by atoms with Crippen molar-refractivity contribution in [3.05, 3.63) is 58.6 Å². The molecule has 3 fully saturated rings. The molecule has 0 radical (unpaired) electrons. The standard InChI is InChI=1S/C33H44N6O4S.2H2/c1-33(2,3)14-20-38-30(42)27(44-31(38)24-7-4-5-8-25(24)36-18-12-23(40)13-19-36)21-28(41)37-16-10-22(11-17-37)39-26-9-6-15-34-29(26)35-32(39)43;;/h4-9,15,22-23,27,31,40H,10-14,16-21H2,1-3H3,(H,34,35,43);2*1H. The highest BCUT2D eigenvalue weighted by molar-refractivity contribution is 8.01. The summed E-state index contributed by atoms with van der Waals surface area (Å²) in [5.41, 5.74) is 3.49. The molecule has 3 aliphatic rings. The minimum atomic E-state index is -0.441. The Morgan fingerprint density at radius 1 is 1.05 bits per heavy atom. The van der Waals surface area contributed by atoms with Crippen molar-refractivity contribution in [3.63, 3.8) is 0 Å². The van der Waals surface area contributed by atoms with Gasteiger partial charge in [0.2, 0.25) is 11.8 Å². The largest absolute Gasteiger partial charge is 0.393 e. The average molecular weight is 625 g/mol. The number of aliphatic hydroxyl groups excluding tert-OH is 1. The van der Waals surface area contributed by atoms with Crippen LogP contribution in [0.4, 0.5) is 5.69 Å². The number of nitrogens with one attached hydrogen (secondary N) is 1. The van der Waals surface area contributed by atoms with E-state index in [-0.39, 0.29) is 49.7 Å². The van der Waals surface area contributed by atoms with Gasteiger partial charge in [0.1, 0.15) is 5.37 Å². The van der Waals surface area contributed by atoms with Crippen LogP contribution in [0, 0.1) is 5.41 Å². The number of anilines is 1. The number of thioether (sulfide) groups is 1. The Labute approximate surface area is 265 Å². The number of hydrogen-bond acceptors (Lipinski definition) is 7. The molecule has 2 atom stereocenters. The van der Waals surface area contributed by atoms with Gasteiger partial charge in [-0.15, -0.1) is 11.8 Å². The molecule has 2 unspecified atom stereocenters. The molecule has 11 heteroatoms. The zero-order valence-corrected chi connectivity index (χ0v) is 26.8. The number of likely N-dealkylation sites (tertiary alicyclic amines) is 1. The summed E-state index contributed by atoms with van der Waals surface area (Å²) >= 11 is 1.60. The number of aliphatic hydroxyl groups is 1. The second-order valence-corrected chi connectivity index (χ2v) is 14.9. The molecule has 240 valence electrons. The highest BCUT2D eigenvalue weighted by atomic mass is 32.2. The van der Waals surface area contributed by atoms with Crippen LogP contribution in [0.25, 0.3) is 11.2 Å². The fourth-order valence-corrected chi connectivity index (χ4v) is 8.22. The lowest BCUT2D eigenvalue weighted by molar-refractivity contribution is -0.136. The van der Waals surface area contributed by atoms with Crippen molar-refractivity contribution in [2.75, 3.05) is 37.6 Å². The van der Waals surface area contributed by atoms with E-state index in [9.17, 15) is 19.5 Å². The molecule has 10 nitrogen and oxygen atoms in total. The first kappa shape index (κ1) is 30.7. The van der Waals surface area contributed by atoms with E-state index in [1.165, 1.54) is 0 Å². The number of amides is 2. The predicted octanol–water partition coefficient (Wildman–Crippen LogP) is 4.81. The molecular formula is C33H48N6O4S. The van der Waals surface area contributed by atoms with Gasteiger partial charge in [0.25, 0.3) is 0 Å². The lowest BCUT2D eigenvalue weighted by atomic mass is 9.92. The number of aromatic nitrogens is 3. The first-order chi connectivity index (χ1) is 21.1. The number of H-pyrrole nitrogens is 1. The summed E-state index contributed by atoms with van der Waals surface area (Å²) in [5.74, 6) is 0.0335. The summed E-state index contributed by atoms with van der Waals surface area (Å²) in [6.07, 6.45) is 5.27. The molecule has 1 aromatic carbocycles. The third-order valence-corrected chi connectivity index (χ3v) is 10.7. The number of piperidine rings is 2. The van der Waals surface area contributed by atoms with Gasteiger partial charge >= 0.3 is 5.69 Å². The summed E-state index contributed by atoms with van der Waals surface area (Å²) in [5, 5.41) is 9.47. The third-order valence-electron chi connectivity index (χ3n) is 9.28. The number of fused-ring (bicyclic) bond motifs is 1. The molecule has 44 heavy (non-hydrogen) atoms. The number of para-hydroxylation sites is 1. The van der Waals surface area contributed by atoms with E-state index in [0.29, 0.717) is 38.1 Å². The smallest absolute Gasteiger partial charge is 0.327 e. The van der Waals surface area contributed by atoms with Gasteiger partial charge in [0, 0.05) is 65.5 Å². The van der Waals surface area contributed by atoms with Crippen molar-refractivity contribution in [1.29, 1.82) is 0 Å². The van der Waals surface area contributed by atoms with Gasteiger partial charge in [-0.05, 0) is 55.7 Å². The van der Waals surface area contributed by atoms with Crippen LogP contribution in [0.3, 0.4) is 0 Å². The van der Waals surface area contributed by atoms with Crippen LogP contribution in [0.1, 0.15) is 79.1 Å². The van der Waals surface area contributed by atoms with Gasteiger partial charge in [-0.2, -0.15) is 0 Å². The van der Waals surface area contributed by atoms with Crippen LogP contribution in [-0.4, -0.2) is 85.3 Å². The number of pyridine rings is 1. The van der Waals surface area contributed by atoms with E-state index in [1.54, 1.807) is 22.5 Å². The summed E-state index contributed by atoms with van der Waals surface area (Å²) in [6, 6.07) is 12.0. The number of benzene rings is 1. The molecule has 3 saturated heterocycles. The fraction of sp³-hybridized carbons (Fsp3) is 0.576. The maximum atomic E-state index is 14.0. The molecule has 0 saturated carbocycles. The van der Waals surface area contributed by atoms with Gasteiger partial charge in [0.15, 0.2) is 5.65 Å². The highest BCUT2D eigenvalue weighted by Crippen LogP contribution is 2.48. The van der Waals surface area contributed by atoms with Gasteiger partial charge in [-0.3, -0.25) is 19.1 Å². The van der Waals surface area contributed by atoms with E-state index in [2.05, 4.69) is 47.8 Å². The molecule has 2 N–H and O–H groups in total. The minimum Gasteiger partial charge on any atom is -0.393 e. The molecule has 0 spiro atoms. The summed E-state index contributed by atoms with van der Waals surface area (Å²) in [7, 11) is 0. The SMILES string of the molecule is CC(C)(C)CCN1C(=O)C(CC(=O)N2CCC(n3c(=O)[nH]c4ncccc43)CC2)SC1c1ccccc1N1CCC(O)CC1.[HH].[HH]. The molecule has 0 aliphatic carbocycles. The third kappa shape index (κ3) is 6.40. The van der Waals surface area contributed by atoms with E-state index in [0.717, 1.165) is 49.1 Å². The Hall–Kier alpha value is -3.31. The van der Waals surface area contributed by atoms with E-state index >= 15 is 0 Å². The number of carbonyl (C=O) groups is 2. The summed E-state index contributed by atoms with van der Waals surface area (Å²) in [6.45, 7) is 9.87. The van der Waals surface area contributed by atoms with Gasteiger partial charge in [0.05, 0.1) is 16.9 Å². The van der Waals surface area contributed by atoms with Crippen molar-refractivity contribution < 1.29 is 17.5 Å². The normalized spacial score (nSPS) is 22.4. The fourth-order valence-electron chi connectivity index (χ4n) is 6.72. The first-order valence-corrected chi connectivity index (χ1v) is 16.8. The Bertz CT molecular complexity index is 1560. The maximum absolute atomic E-state index is 14.0. The summed E-state index contributed by atoms with van der Waals surface area (Å²) < 4.78 is 1.78. The second-order valence-electron chi connectivity index (χ2n) is 13.6. The Morgan fingerprint density at radius 3 is 2.50 bits per heavy atom. The van der Waals surface area contributed by atoms with Crippen LogP contribution in [-0.2, 0) is 9.59 Å². The first-order valence-electron chi connectivity index (χ1n) is 15.9. The maximum Gasteiger partial charge on any atom is 0.327 e. The quantitative estimate of drug-likeness (QED) is 0.388. The van der Waals surface area contributed by atoms with Crippen LogP contribution in [0.15, 0.2) is 47.4 Å². The minimum absolute atomic E-state index is 0. The van der Waals surface area contributed by atoms with Crippen molar-refractivity contribution in [1.82, 2.24) is 24.3 Å². The van der Waals surface area contributed by atoms with Gasteiger partial charge in [-0.1, -0.05) is 39.0 Å². The average Bonchev–Trinajstić information content (AvgIpc) is 3.51. The zero-order valence-electron chi connectivity index (χ0n) is 25.9. The number of hydrogen-bond donors (Lipinski definition) is 2. The second kappa shape index (κ2) is 12.6. The van der Waals surface area contributed by atoms with Crippen molar-refractivity contribution in [2.45, 2.75) is 82.1 Å². The zero-order chi connectivity index (χ0) is 31.0. The lowest BCUT2D eigenvalue weighted by Crippen LogP contribution is -2.42. The Morgan fingerprint density at radius 2 is 1.77 bits per heavy atom. The molecule has 3 aromatic rings. The number of rotatable bonds is 7. The van der Waals surface area contributed by atoms with E-state index in [1.807, 2.05) is 34.1 Å². The van der Waals surface area contributed by atoms with Crippen molar-refractivity contribution >= 4 is 40.4 Å². The molecule has 0 bridgehead atoms. The van der Waals surface area contributed by atoms with Crippen LogP contribution >= 0.6 is 11.8 Å². The van der Waals surface area contributed by atoms with Gasteiger partial charge < -0.3 is 19.8 Å². The lowest BCUT2D eigenvalue weighted by Gasteiger charge is -2.35. The highest BCUT2D eigenvalue weighted by Gasteiger charge is 2.44. The van der Waals surface area contributed by atoms with Gasteiger partial charge in [-0.25, -0.2) is 9.78 Å². The molecule has 2 aromatic heterocycles. The topological polar surface area (TPSA) is 115 Å². The van der Waals surface area contributed by atoms with Crippen molar-refractivity contribution in [2.24, 2.45) is 5.41 Å². The molecule has 5 heterocycles. The number of imidazole rings is 1. The molecule has 3 aliphatic heterocycles. The monoisotopic (exact) mass is 624 g/mol. The molecule has 2 amide bonds. The predicted molar refractivity (Wildman–Crippen MR) is 178 cm³/mol.